The molecule has 3 aromatic carbocycles. The van der Waals surface area contributed by atoms with E-state index in [0.717, 1.165) is 5.56 Å². The van der Waals surface area contributed by atoms with Crippen molar-refractivity contribution < 1.29 is 12.8 Å². The summed E-state index contributed by atoms with van der Waals surface area (Å²) in [6, 6.07) is 23.4. The smallest absolute Gasteiger partial charge is 0.238 e. The standard InChI is InChI=1S/C22H17ClN2O3S/c23-18-12-6-4-10-16(18)21-22(17-11-5-7-13-19(17)29(24,26)27)28-20(25-21)14-15-8-2-1-3-9-15/h1-13H,14H2,(H2,24,26,27). The van der Waals surface area contributed by atoms with Gasteiger partial charge in [0.15, 0.2) is 11.7 Å². The molecule has 0 bridgehead atoms. The van der Waals surface area contributed by atoms with Gasteiger partial charge in [-0.1, -0.05) is 72.3 Å². The van der Waals surface area contributed by atoms with E-state index in [1.54, 1.807) is 24.3 Å². The quantitative estimate of drug-likeness (QED) is 0.493. The van der Waals surface area contributed by atoms with Crippen LogP contribution in [0.5, 0.6) is 0 Å². The minimum Gasteiger partial charge on any atom is -0.440 e. The summed E-state index contributed by atoms with van der Waals surface area (Å²) in [6.07, 6.45) is 0.454. The Kier molecular flexibility index (Phi) is 5.24. The highest BCUT2D eigenvalue weighted by molar-refractivity contribution is 7.89. The van der Waals surface area contributed by atoms with Crippen molar-refractivity contribution in [2.45, 2.75) is 11.3 Å². The zero-order valence-electron chi connectivity index (χ0n) is 15.2. The van der Waals surface area contributed by atoms with Crippen molar-refractivity contribution in [2.75, 3.05) is 0 Å². The van der Waals surface area contributed by atoms with E-state index in [1.165, 1.54) is 6.07 Å². The van der Waals surface area contributed by atoms with Crippen LogP contribution in [-0.4, -0.2) is 13.4 Å². The predicted octanol–water partition coefficient (Wildman–Crippen LogP) is 4.90. The van der Waals surface area contributed by atoms with E-state index in [1.807, 2.05) is 48.5 Å². The molecule has 0 fully saturated rings. The van der Waals surface area contributed by atoms with E-state index in [4.69, 9.17) is 21.2 Å². The Morgan fingerprint density at radius 2 is 1.48 bits per heavy atom. The molecule has 0 aliphatic carbocycles. The van der Waals surface area contributed by atoms with Gasteiger partial charge in [0.1, 0.15) is 5.69 Å². The zero-order chi connectivity index (χ0) is 20.4. The van der Waals surface area contributed by atoms with E-state index in [9.17, 15) is 8.42 Å². The molecule has 1 aromatic heterocycles. The minimum absolute atomic E-state index is 0.0317. The first-order chi connectivity index (χ1) is 13.9. The Bertz CT molecular complexity index is 1270. The molecule has 1 heterocycles. The van der Waals surface area contributed by atoms with Gasteiger partial charge >= 0.3 is 0 Å². The Hall–Kier alpha value is -2.93. The summed E-state index contributed by atoms with van der Waals surface area (Å²) >= 11 is 6.39. The number of aromatic nitrogens is 1. The number of hydrogen-bond acceptors (Lipinski definition) is 4. The lowest BCUT2D eigenvalue weighted by molar-refractivity contribution is 0.518. The van der Waals surface area contributed by atoms with Crippen molar-refractivity contribution in [3.8, 4) is 22.6 Å². The van der Waals surface area contributed by atoms with Gasteiger partial charge in [-0.3, -0.25) is 0 Å². The van der Waals surface area contributed by atoms with Crippen LogP contribution in [0.1, 0.15) is 11.5 Å². The third-order valence-corrected chi connectivity index (χ3v) is 5.74. The number of nitrogens with two attached hydrogens (primary N) is 1. The Morgan fingerprint density at radius 1 is 0.862 bits per heavy atom. The van der Waals surface area contributed by atoms with Crippen LogP contribution in [0.15, 0.2) is 88.2 Å². The number of benzene rings is 3. The molecule has 29 heavy (non-hydrogen) atoms. The average molecular weight is 425 g/mol. The summed E-state index contributed by atoms with van der Waals surface area (Å²) in [6.45, 7) is 0. The molecule has 0 radical (unpaired) electrons. The van der Waals surface area contributed by atoms with Crippen LogP contribution in [0.4, 0.5) is 0 Å². The lowest BCUT2D eigenvalue weighted by Gasteiger charge is -2.07. The molecule has 0 aliphatic rings. The normalized spacial score (nSPS) is 11.5. The molecule has 146 valence electrons. The van der Waals surface area contributed by atoms with Gasteiger partial charge in [-0.2, -0.15) is 0 Å². The summed E-state index contributed by atoms with van der Waals surface area (Å²) in [7, 11) is -3.96. The molecule has 0 spiro atoms. The third-order valence-electron chi connectivity index (χ3n) is 4.44. The second-order valence-electron chi connectivity index (χ2n) is 6.47. The highest BCUT2D eigenvalue weighted by Crippen LogP contribution is 2.38. The summed E-state index contributed by atoms with van der Waals surface area (Å²) in [5.41, 5.74) is 2.48. The molecule has 0 saturated carbocycles. The van der Waals surface area contributed by atoms with Gasteiger partial charge in [-0.05, 0) is 23.8 Å². The van der Waals surface area contributed by atoms with Crippen molar-refractivity contribution in [1.29, 1.82) is 0 Å². The molecule has 0 atom stereocenters. The molecule has 5 nitrogen and oxygen atoms in total. The SMILES string of the molecule is NS(=O)(=O)c1ccccc1-c1oc(Cc2ccccc2)nc1-c1ccccc1Cl. The first-order valence-electron chi connectivity index (χ1n) is 8.84. The largest absolute Gasteiger partial charge is 0.440 e. The maximum Gasteiger partial charge on any atom is 0.238 e. The number of sulfonamides is 1. The van der Waals surface area contributed by atoms with E-state index in [2.05, 4.69) is 4.98 Å². The average Bonchev–Trinajstić information content (AvgIpc) is 3.12. The van der Waals surface area contributed by atoms with Crippen LogP contribution < -0.4 is 5.14 Å². The molecular formula is C22H17ClN2O3S. The highest BCUT2D eigenvalue weighted by Gasteiger charge is 2.24. The maximum atomic E-state index is 12.1. The first kappa shape index (κ1) is 19.4. The fourth-order valence-corrected chi connectivity index (χ4v) is 4.09. The van der Waals surface area contributed by atoms with Crippen LogP contribution in [0, 0.1) is 0 Å². The van der Waals surface area contributed by atoms with Crippen molar-refractivity contribution in [3.05, 3.63) is 95.3 Å². The van der Waals surface area contributed by atoms with Crippen LogP contribution in [0.3, 0.4) is 0 Å². The first-order valence-corrected chi connectivity index (χ1v) is 10.8. The second kappa shape index (κ2) is 7.83. The van der Waals surface area contributed by atoms with Gasteiger partial charge in [-0.25, -0.2) is 18.5 Å². The van der Waals surface area contributed by atoms with E-state index < -0.39 is 10.0 Å². The lowest BCUT2D eigenvalue weighted by Crippen LogP contribution is -2.13. The number of primary sulfonamides is 1. The van der Waals surface area contributed by atoms with Crippen LogP contribution in [0.2, 0.25) is 5.02 Å². The van der Waals surface area contributed by atoms with Crippen LogP contribution in [0.25, 0.3) is 22.6 Å². The topological polar surface area (TPSA) is 86.2 Å². The van der Waals surface area contributed by atoms with Crippen molar-refractivity contribution in [1.82, 2.24) is 4.98 Å². The van der Waals surface area contributed by atoms with Gasteiger partial charge in [-0.15, -0.1) is 0 Å². The molecular weight excluding hydrogens is 408 g/mol. The zero-order valence-corrected chi connectivity index (χ0v) is 16.8. The monoisotopic (exact) mass is 424 g/mol. The van der Waals surface area contributed by atoms with Crippen molar-refractivity contribution in [2.24, 2.45) is 5.14 Å². The summed E-state index contributed by atoms with van der Waals surface area (Å²) in [5, 5.41) is 5.92. The van der Waals surface area contributed by atoms with Gasteiger partial charge in [0.25, 0.3) is 0 Å². The second-order valence-corrected chi connectivity index (χ2v) is 8.41. The van der Waals surface area contributed by atoms with E-state index in [-0.39, 0.29) is 4.90 Å². The number of oxazole rings is 1. The van der Waals surface area contributed by atoms with Crippen LogP contribution in [-0.2, 0) is 16.4 Å². The molecule has 4 aromatic rings. The summed E-state index contributed by atoms with van der Waals surface area (Å²) < 4.78 is 30.3. The minimum atomic E-state index is -3.96. The Balaban J connectivity index is 1.93. The van der Waals surface area contributed by atoms with Gasteiger partial charge in [0, 0.05) is 17.5 Å². The molecule has 7 heteroatoms. The van der Waals surface area contributed by atoms with Crippen molar-refractivity contribution >= 4 is 21.6 Å². The Morgan fingerprint density at radius 3 is 2.17 bits per heavy atom. The van der Waals surface area contributed by atoms with E-state index >= 15 is 0 Å². The summed E-state index contributed by atoms with van der Waals surface area (Å²) in [5.74, 6) is 0.763. The van der Waals surface area contributed by atoms with Gasteiger partial charge in [0.2, 0.25) is 10.0 Å². The predicted molar refractivity (Wildman–Crippen MR) is 113 cm³/mol. The molecule has 0 amide bonds. The van der Waals surface area contributed by atoms with Crippen molar-refractivity contribution in [3.63, 3.8) is 0 Å². The number of rotatable bonds is 5. The Labute approximate surface area is 173 Å². The molecule has 0 saturated heterocycles. The number of nitrogens with zero attached hydrogens (tertiary/aromatic N) is 1. The fourth-order valence-electron chi connectivity index (χ4n) is 3.13. The highest BCUT2D eigenvalue weighted by atomic mass is 35.5. The van der Waals surface area contributed by atoms with E-state index in [0.29, 0.717) is 39.9 Å². The fraction of sp³-hybridized carbons (Fsp3) is 0.0455. The number of hydrogen-bond donors (Lipinski definition) is 1. The van der Waals surface area contributed by atoms with Gasteiger partial charge < -0.3 is 4.42 Å². The molecule has 0 unspecified atom stereocenters. The lowest BCUT2D eigenvalue weighted by atomic mass is 10.1. The van der Waals surface area contributed by atoms with Crippen LogP contribution >= 0.6 is 11.6 Å². The maximum absolute atomic E-state index is 12.1. The molecule has 0 aliphatic heterocycles. The van der Waals surface area contributed by atoms with Gasteiger partial charge in [0.05, 0.1) is 9.92 Å². The number of halogens is 1. The molecule has 2 N–H and O–H groups in total. The third kappa shape index (κ3) is 4.10. The summed E-state index contributed by atoms with van der Waals surface area (Å²) in [4.78, 5) is 4.62. The molecule has 4 rings (SSSR count).